The van der Waals surface area contributed by atoms with E-state index in [-0.39, 0.29) is 18.3 Å². The Balaban J connectivity index is 0.00000161. The number of rotatable bonds is 3. The molecule has 1 aliphatic heterocycles. The number of hydrogen-bond donors (Lipinski definition) is 2. The number of aromatic nitrogens is 4. The van der Waals surface area contributed by atoms with Crippen molar-refractivity contribution in [3.05, 3.63) is 30.6 Å². The molecule has 8 nitrogen and oxygen atoms in total. The van der Waals surface area contributed by atoms with Crippen LogP contribution in [0.2, 0.25) is 0 Å². The zero-order valence-corrected chi connectivity index (χ0v) is 11.9. The molecule has 1 unspecified atom stereocenters. The topological polar surface area (TPSA) is 94.0 Å². The fourth-order valence-corrected chi connectivity index (χ4v) is 1.96. The predicted octanol–water partition coefficient (Wildman–Crippen LogP) is 0.0110. The lowest BCUT2D eigenvalue weighted by Crippen LogP contribution is -2.45. The van der Waals surface area contributed by atoms with E-state index in [0.29, 0.717) is 18.8 Å². The summed E-state index contributed by atoms with van der Waals surface area (Å²) < 4.78 is 6.92. The fourth-order valence-electron chi connectivity index (χ4n) is 1.96. The summed E-state index contributed by atoms with van der Waals surface area (Å²) in [5.41, 5.74) is 1.45. The highest BCUT2D eigenvalue weighted by Gasteiger charge is 2.21. The van der Waals surface area contributed by atoms with Crippen molar-refractivity contribution < 1.29 is 9.53 Å². The van der Waals surface area contributed by atoms with Crippen LogP contribution in [0.1, 0.15) is 0 Å². The molecule has 112 valence electrons. The second-order valence-electron chi connectivity index (χ2n) is 4.36. The number of tetrazole rings is 1. The maximum Gasteiger partial charge on any atom is 0.254 e. The Labute approximate surface area is 127 Å². The monoisotopic (exact) mass is 310 g/mol. The first-order valence-electron chi connectivity index (χ1n) is 6.29. The molecule has 1 saturated heterocycles. The summed E-state index contributed by atoms with van der Waals surface area (Å²) in [6.45, 7) is 1.85. The molecule has 0 bridgehead atoms. The van der Waals surface area contributed by atoms with Crippen LogP contribution < -0.4 is 10.6 Å². The lowest BCUT2D eigenvalue weighted by atomic mass is 10.2. The number of carbonyl (C=O) groups excluding carboxylic acids is 1. The minimum atomic E-state index is -0.458. The SMILES string of the molecule is Cl.O=C(Nc1cccc(-n2cnnn2)c1)C1CNCCO1. The Kier molecular flexibility index (Phi) is 5.20. The number of hydrogen-bond acceptors (Lipinski definition) is 6. The van der Waals surface area contributed by atoms with E-state index in [2.05, 4.69) is 26.2 Å². The number of amides is 1. The van der Waals surface area contributed by atoms with Crippen LogP contribution in [0.25, 0.3) is 5.69 Å². The van der Waals surface area contributed by atoms with Crippen LogP contribution in [0.5, 0.6) is 0 Å². The molecule has 1 atom stereocenters. The molecule has 2 heterocycles. The Morgan fingerprint density at radius 1 is 1.48 bits per heavy atom. The van der Waals surface area contributed by atoms with Gasteiger partial charge in [-0.25, -0.2) is 4.68 Å². The number of ether oxygens (including phenoxy) is 1. The van der Waals surface area contributed by atoms with Crippen molar-refractivity contribution in [1.29, 1.82) is 0 Å². The second-order valence-corrected chi connectivity index (χ2v) is 4.36. The van der Waals surface area contributed by atoms with Crippen LogP contribution in [0, 0.1) is 0 Å². The number of nitrogens with zero attached hydrogens (tertiary/aromatic N) is 4. The maximum absolute atomic E-state index is 12.0. The van der Waals surface area contributed by atoms with Gasteiger partial charge in [0.1, 0.15) is 12.4 Å². The molecule has 0 saturated carbocycles. The van der Waals surface area contributed by atoms with Gasteiger partial charge in [-0.1, -0.05) is 6.07 Å². The zero-order chi connectivity index (χ0) is 13.8. The third-order valence-electron chi connectivity index (χ3n) is 2.95. The van der Waals surface area contributed by atoms with Gasteiger partial charge in [0.2, 0.25) is 0 Å². The van der Waals surface area contributed by atoms with Crippen LogP contribution in [0.15, 0.2) is 30.6 Å². The van der Waals surface area contributed by atoms with Crippen LogP contribution in [0.3, 0.4) is 0 Å². The van der Waals surface area contributed by atoms with Gasteiger partial charge in [0.25, 0.3) is 5.91 Å². The lowest BCUT2D eigenvalue weighted by Gasteiger charge is -2.22. The van der Waals surface area contributed by atoms with Gasteiger partial charge >= 0.3 is 0 Å². The van der Waals surface area contributed by atoms with Gasteiger partial charge in [-0.05, 0) is 28.6 Å². The van der Waals surface area contributed by atoms with E-state index in [4.69, 9.17) is 4.74 Å². The molecular weight excluding hydrogens is 296 g/mol. The normalized spacial score (nSPS) is 17.8. The summed E-state index contributed by atoms with van der Waals surface area (Å²) in [6.07, 6.45) is 1.04. The molecule has 3 rings (SSSR count). The van der Waals surface area contributed by atoms with Crippen LogP contribution >= 0.6 is 12.4 Å². The summed E-state index contributed by atoms with van der Waals surface area (Å²) in [7, 11) is 0. The minimum Gasteiger partial charge on any atom is -0.366 e. The molecule has 1 aliphatic rings. The van der Waals surface area contributed by atoms with Crippen molar-refractivity contribution >= 4 is 24.0 Å². The van der Waals surface area contributed by atoms with Gasteiger partial charge in [0, 0.05) is 18.8 Å². The number of morpholine rings is 1. The van der Waals surface area contributed by atoms with Crippen LogP contribution in [-0.2, 0) is 9.53 Å². The van der Waals surface area contributed by atoms with E-state index in [1.807, 2.05) is 18.2 Å². The lowest BCUT2D eigenvalue weighted by molar-refractivity contribution is -0.128. The molecule has 1 aromatic carbocycles. The third kappa shape index (κ3) is 3.75. The van der Waals surface area contributed by atoms with Gasteiger partial charge in [-0.15, -0.1) is 17.5 Å². The smallest absolute Gasteiger partial charge is 0.254 e. The fraction of sp³-hybridized carbons (Fsp3) is 0.333. The van der Waals surface area contributed by atoms with E-state index < -0.39 is 6.10 Å². The number of halogens is 1. The number of nitrogens with one attached hydrogen (secondary N) is 2. The largest absolute Gasteiger partial charge is 0.366 e. The van der Waals surface area contributed by atoms with E-state index >= 15 is 0 Å². The highest BCUT2D eigenvalue weighted by molar-refractivity contribution is 5.94. The molecule has 21 heavy (non-hydrogen) atoms. The molecule has 9 heteroatoms. The van der Waals surface area contributed by atoms with Crippen LogP contribution in [-0.4, -0.2) is 51.9 Å². The number of anilines is 1. The van der Waals surface area contributed by atoms with E-state index in [9.17, 15) is 4.79 Å². The van der Waals surface area contributed by atoms with Gasteiger partial charge in [0.15, 0.2) is 0 Å². The first-order chi connectivity index (χ1) is 9.83. The van der Waals surface area contributed by atoms with Gasteiger partial charge in [0.05, 0.1) is 12.3 Å². The Hall–Kier alpha value is -2.03. The first kappa shape index (κ1) is 15.4. The molecule has 1 amide bonds. The maximum atomic E-state index is 12.0. The minimum absolute atomic E-state index is 0. The summed E-state index contributed by atoms with van der Waals surface area (Å²) >= 11 is 0. The van der Waals surface area contributed by atoms with Gasteiger partial charge < -0.3 is 15.4 Å². The Morgan fingerprint density at radius 2 is 2.38 bits per heavy atom. The molecule has 2 aromatic rings. The zero-order valence-electron chi connectivity index (χ0n) is 11.1. The molecule has 2 N–H and O–H groups in total. The number of carbonyl (C=O) groups is 1. The quantitative estimate of drug-likeness (QED) is 0.829. The van der Waals surface area contributed by atoms with Crippen molar-refractivity contribution in [2.45, 2.75) is 6.10 Å². The molecule has 0 radical (unpaired) electrons. The molecular formula is C12H15ClN6O2. The van der Waals surface area contributed by atoms with Gasteiger partial charge in [-0.3, -0.25) is 4.79 Å². The molecule has 1 fully saturated rings. The molecule has 0 aliphatic carbocycles. The average molecular weight is 311 g/mol. The second kappa shape index (κ2) is 7.11. The van der Waals surface area contributed by atoms with Gasteiger partial charge in [-0.2, -0.15) is 0 Å². The van der Waals surface area contributed by atoms with Crippen molar-refractivity contribution in [2.24, 2.45) is 0 Å². The Bertz CT molecular complexity index is 585. The van der Waals surface area contributed by atoms with E-state index in [0.717, 1.165) is 12.2 Å². The first-order valence-corrected chi connectivity index (χ1v) is 6.29. The van der Waals surface area contributed by atoms with Crippen molar-refractivity contribution in [1.82, 2.24) is 25.5 Å². The van der Waals surface area contributed by atoms with E-state index in [1.165, 1.54) is 11.0 Å². The summed E-state index contributed by atoms with van der Waals surface area (Å²) in [4.78, 5) is 12.0. The Morgan fingerprint density at radius 3 is 3.10 bits per heavy atom. The van der Waals surface area contributed by atoms with Crippen molar-refractivity contribution in [3.63, 3.8) is 0 Å². The third-order valence-corrected chi connectivity index (χ3v) is 2.95. The van der Waals surface area contributed by atoms with Crippen LogP contribution in [0.4, 0.5) is 5.69 Å². The summed E-state index contributed by atoms with van der Waals surface area (Å²) in [5.74, 6) is -0.161. The average Bonchev–Trinajstić information content (AvgIpc) is 3.03. The van der Waals surface area contributed by atoms with E-state index in [1.54, 1.807) is 6.07 Å². The highest BCUT2D eigenvalue weighted by atomic mass is 35.5. The number of benzene rings is 1. The predicted molar refractivity (Wildman–Crippen MR) is 77.6 cm³/mol. The van der Waals surface area contributed by atoms with Crippen molar-refractivity contribution in [3.8, 4) is 5.69 Å². The standard InChI is InChI=1S/C12H14N6O2.ClH/c19-12(11-7-13-4-5-20-11)15-9-2-1-3-10(6-9)18-8-14-16-17-18;/h1-3,6,8,11,13H,4-5,7H2,(H,15,19);1H. The highest BCUT2D eigenvalue weighted by Crippen LogP contribution is 2.14. The summed E-state index contributed by atoms with van der Waals surface area (Å²) in [5, 5.41) is 16.9. The van der Waals surface area contributed by atoms with Crippen molar-refractivity contribution in [2.75, 3.05) is 25.0 Å². The summed E-state index contributed by atoms with van der Waals surface area (Å²) in [6, 6.07) is 7.28. The molecule has 1 aromatic heterocycles. The molecule has 0 spiro atoms.